The lowest BCUT2D eigenvalue weighted by molar-refractivity contribution is 0.412. The van der Waals surface area contributed by atoms with Crippen LogP contribution in [0.5, 0.6) is 5.06 Å². The number of hydrogen-bond donors (Lipinski definition) is 1. The predicted octanol–water partition coefficient (Wildman–Crippen LogP) is 1.04. The Kier molecular flexibility index (Phi) is 2.58. The van der Waals surface area contributed by atoms with Crippen molar-refractivity contribution < 1.29 is 13.5 Å². The van der Waals surface area contributed by atoms with E-state index in [4.69, 9.17) is 9.29 Å². The zero-order chi connectivity index (χ0) is 8.43. The number of aryl methyl sites for hydroxylation is 1. The van der Waals surface area contributed by atoms with Crippen LogP contribution in [0.2, 0.25) is 0 Å². The monoisotopic (exact) mass is 193 g/mol. The maximum absolute atomic E-state index is 10.6. The summed E-state index contributed by atoms with van der Waals surface area (Å²) in [5.74, 6) is 0. The summed E-state index contributed by atoms with van der Waals surface area (Å²) in [5, 5.41) is 1.23. The van der Waals surface area contributed by atoms with Gasteiger partial charge in [0.1, 0.15) is 0 Å². The maximum Gasteiger partial charge on any atom is 0.213 e. The van der Waals surface area contributed by atoms with E-state index < -0.39 is 11.1 Å². The standard InChI is InChI=1S/C5H7NO3S2/c1-3-6-4(11(7)8)5(9-2)10-3/h1-2H3,(H,7,8). The fourth-order valence-corrected chi connectivity index (χ4v) is 2.09. The molecule has 1 atom stereocenters. The van der Waals surface area contributed by atoms with Gasteiger partial charge < -0.3 is 9.29 Å². The van der Waals surface area contributed by atoms with Crippen molar-refractivity contribution in [3.63, 3.8) is 0 Å². The molecule has 0 saturated heterocycles. The zero-order valence-electron chi connectivity index (χ0n) is 6.03. The molecule has 0 amide bonds. The number of nitrogens with zero attached hydrogens (tertiary/aromatic N) is 1. The summed E-state index contributed by atoms with van der Waals surface area (Å²) >= 11 is -0.789. The van der Waals surface area contributed by atoms with Gasteiger partial charge in [0.2, 0.25) is 21.2 Å². The molecule has 0 fully saturated rings. The van der Waals surface area contributed by atoms with Gasteiger partial charge >= 0.3 is 0 Å². The van der Waals surface area contributed by atoms with Crippen LogP contribution in [0.1, 0.15) is 5.01 Å². The van der Waals surface area contributed by atoms with Crippen molar-refractivity contribution in [2.45, 2.75) is 11.9 Å². The Morgan fingerprint density at radius 3 is 2.73 bits per heavy atom. The fourth-order valence-electron chi connectivity index (χ4n) is 0.629. The van der Waals surface area contributed by atoms with Crippen LogP contribution in [-0.2, 0) is 11.1 Å². The highest BCUT2D eigenvalue weighted by molar-refractivity contribution is 7.79. The second kappa shape index (κ2) is 3.29. The molecule has 0 aliphatic heterocycles. The van der Waals surface area contributed by atoms with E-state index in [0.717, 1.165) is 5.01 Å². The average molecular weight is 193 g/mol. The first-order valence-corrected chi connectivity index (χ1v) is 4.69. The number of ether oxygens (including phenoxy) is 1. The van der Waals surface area contributed by atoms with Crippen molar-refractivity contribution in [1.82, 2.24) is 4.98 Å². The highest BCUT2D eigenvalue weighted by Crippen LogP contribution is 2.28. The van der Waals surface area contributed by atoms with Gasteiger partial charge in [0.25, 0.3) is 0 Å². The minimum Gasteiger partial charge on any atom is -0.485 e. The first-order valence-electron chi connectivity index (χ1n) is 2.77. The third-order valence-corrected chi connectivity index (χ3v) is 2.69. The lowest BCUT2D eigenvalue weighted by Crippen LogP contribution is -1.91. The van der Waals surface area contributed by atoms with Gasteiger partial charge in [0.05, 0.1) is 12.1 Å². The van der Waals surface area contributed by atoms with Gasteiger partial charge in [-0.1, -0.05) is 11.3 Å². The summed E-state index contributed by atoms with van der Waals surface area (Å²) in [6.45, 7) is 1.75. The van der Waals surface area contributed by atoms with Crippen molar-refractivity contribution in [3.8, 4) is 5.06 Å². The first kappa shape index (κ1) is 8.63. The molecule has 0 aliphatic rings. The lowest BCUT2D eigenvalue weighted by Gasteiger charge is -1.93. The van der Waals surface area contributed by atoms with Crippen molar-refractivity contribution in [2.24, 2.45) is 0 Å². The van der Waals surface area contributed by atoms with Crippen LogP contribution in [0.4, 0.5) is 0 Å². The van der Waals surface area contributed by atoms with Gasteiger partial charge in [-0.25, -0.2) is 9.19 Å². The molecule has 1 unspecified atom stereocenters. The molecule has 0 bridgehead atoms. The van der Waals surface area contributed by atoms with Crippen LogP contribution in [0.25, 0.3) is 0 Å². The van der Waals surface area contributed by atoms with Gasteiger partial charge in [0.15, 0.2) is 0 Å². The minimum absolute atomic E-state index is 0.106. The van der Waals surface area contributed by atoms with Crippen molar-refractivity contribution in [3.05, 3.63) is 5.01 Å². The van der Waals surface area contributed by atoms with Crippen molar-refractivity contribution in [2.75, 3.05) is 7.11 Å². The molecule has 1 N–H and O–H groups in total. The van der Waals surface area contributed by atoms with E-state index in [1.807, 2.05) is 0 Å². The van der Waals surface area contributed by atoms with E-state index in [0.29, 0.717) is 5.06 Å². The van der Waals surface area contributed by atoms with Gasteiger partial charge in [-0.15, -0.1) is 0 Å². The minimum atomic E-state index is -2.05. The van der Waals surface area contributed by atoms with Gasteiger partial charge in [-0.2, -0.15) is 0 Å². The smallest absolute Gasteiger partial charge is 0.213 e. The van der Waals surface area contributed by atoms with Crippen molar-refractivity contribution >= 4 is 22.4 Å². The summed E-state index contributed by atoms with van der Waals surface area (Å²) in [6.07, 6.45) is 0. The second-order valence-corrected chi connectivity index (χ2v) is 3.83. The fraction of sp³-hybridized carbons (Fsp3) is 0.400. The third kappa shape index (κ3) is 1.76. The average Bonchev–Trinajstić information content (AvgIpc) is 2.30. The number of hydrogen-bond acceptors (Lipinski definition) is 4. The van der Waals surface area contributed by atoms with Gasteiger partial charge in [0, 0.05) is 0 Å². The largest absolute Gasteiger partial charge is 0.485 e. The highest BCUT2D eigenvalue weighted by Gasteiger charge is 2.13. The molecule has 0 spiro atoms. The molecular weight excluding hydrogens is 186 g/mol. The van der Waals surface area contributed by atoms with Crippen LogP contribution in [-0.4, -0.2) is 20.9 Å². The highest BCUT2D eigenvalue weighted by atomic mass is 32.2. The normalized spacial score (nSPS) is 13.0. The topological polar surface area (TPSA) is 59.4 Å². The first-order chi connectivity index (χ1) is 5.15. The molecular formula is C5H7NO3S2. The molecule has 62 valence electrons. The number of aromatic nitrogens is 1. The summed E-state index contributed by atoms with van der Waals surface area (Å²) in [5.41, 5.74) is 0. The molecule has 0 aromatic carbocycles. The summed E-state index contributed by atoms with van der Waals surface area (Å²) in [7, 11) is 1.45. The van der Waals surface area contributed by atoms with Crippen molar-refractivity contribution in [1.29, 1.82) is 0 Å². The quantitative estimate of drug-likeness (QED) is 0.713. The molecule has 4 nitrogen and oxygen atoms in total. The Balaban J connectivity index is 3.12. The van der Waals surface area contributed by atoms with Crippen LogP contribution in [0, 0.1) is 6.92 Å². The second-order valence-electron chi connectivity index (χ2n) is 1.78. The number of thiazole rings is 1. The van der Waals surface area contributed by atoms with Crippen LogP contribution < -0.4 is 4.74 Å². The molecule has 1 aromatic heterocycles. The SMILES string of the molecule is COc1sc(C)nc1S(=O)O. The Morgan fingerprint density at radius 1 is 1.73 bits per heavy atom. The Bertz CT molecular complexity index is 283. The lowest BCUT2D eigenvalue weighted by atomic mass is 10.8. The molecule has 1 rings (SSSR count). The van der Waals surface area contributed by atoms with E-state index in [1.165, 1.54) is 18.4 Å². The number of methoxy groups -OCH3 is 1. The Morgan fingerprint density at radius 2 is 2.36 bits per heavy atom. The van der Waals surface area contributed by atoms with E-state index in [1.54, 1.807) is 6.92 Å². The van der Waals surface area contributed by atoms with Crippen LogP contribution in [0.3, 0.4) is 0 Å². The molecule has 0 saturated carbocycles. The maximum atomic E-state index is 10.6. The summed E-state index contributed by atoms with van der Waals surface area (Å²) in [4.78, 5) is 3.82. The molecule has 0 radical (unpaired) electrons. The van der Waals surface area contributed by atoms with E-state index in [9.17, 15) is 4.21 Å². The van der Waals surface area contributed by atoms with Crippen LogP contribution in [0.15, 0.2) is 5.03 Å². The molecule has 11 heavy (non-hydrogen) atoms. The molecule has 1 aromatic rings. The van der Waals surface area contributed by atoms with E-state index >= 15 is 0 Å². The van der Waals surface area contributed by atoms with E-state index in [-0.39, 0.29) is 5.03 Å². The van der Waals surface area contributed by atoms with Gasteiger partial charge in [-0.05, 0) is 6.92 Å². The number of rotatable bonds is 2. The zero-order valence-corrected chi connectivity index (χ0v) is 7.66. The molecule has 0 aliphatic carbocycles. The Hall–Kier alpha value is -0.460. The van der Waals surface area contributed by atoms with Gasteiger partial charge in [-0.3, -0.25) is 0 Å². The predicted molar refractivity (Wildman–Crippen MR) is 42.4 cm³/mol. The molecule has 1 heterocycles. The van der Waals surface area contributed by atoms with Crippen LogP contribution >= 0.6 is 11.3 Å². The summed E-state index contributed by atoms with van der Waals surface area (Å²) in [6, 6.07) is 0. The Labute approximate surface area is 70.5 Å². The summed E-state index contributed by atoms with van der Waals surface area (Å²) < 4.78 is 24.1. The molecule has 6 heteroatoms. The van der Waals surface area contributed by atoms with E-state index in [2.05, 4.69) is 4.98 Å². The third-order valence-electron chi connectivity index (χ3n) is 1.02.